The number of nitrogens with zero attached hydrogens (tertiary/aromatic N) is 3. The minimum atomic E-state index is -2.14. The predicted octanol–water partition coefficient (Wildman–Crippen LogP) is -1.10. The highest BCUT2D eigenvalue weighted by atomic mass is 35.5. The normalized spacial score (nSPS) is 20.0. The monoisotopic (exact) mass is 968 g/mol. The third-order valence-electron chi connectivity index (χ3n) is 12.6. The number of halogens is 1. The van der Waals surface area contributed by atoms with Gasteiger partial charge in [0.1, 0.15) is 35.1 Å². The van der Waals surface area contributed by atoms with Crippen LogP contribution in [0.3, 0.4) is 0 Å². The highest BCUT2D eigenvalue weighted by Crippen LogP contribution is 2.56. The van der Waals surface area contributed by atoms with Gasteiger partial charge in [0.25, 0.3) is 5.91 Å². The number of aryl methyl sites for hydroxylation is 2. The molecule has 0 bridgehead atoms. The molecule has 1 heterocycles. The first-order valence-corrected chi connectivity index (χ1v) is 22.7. The Balaban J connectivity index is 1.10. The summed E-state index contributed by atoms with van der Waals surface area (Å²) in [5.74, 6) is -1.67. The second-order valence-corrected chi connectivity index (χ2v) is 18.0. The number of aliphatic hydroxyl groups is 9. The number of carbonyl (C=O) groups is 2. The van der Waals surface area contributed by atoms with Gasteiger partial charge in [-0.15, -0.1) is 0 Å². The molecule has 0 aliphatic heterocycles. The van der Waals surface area contributed by atoms with Crippen molar-refractivity contribution in [3.63, 3.8) is 0 Å². The highest BCUT2D eigenvalue weighted by molar-refractivity contribution is 6.31. The summed E-state index contributed by atoms with van der Waals surface area (Å²) in [6, 6.07) is 18.2. The standard InChI is InChI=1S/C46H65ClN10O11/c1-44(66,46(68)24-45(46,67)35(62)23-59)25-57(20-17-33(60)37(63)34(61)22-58)19-6-7-26-11-15-29(16-12-26)53-41(64)32(48)21-28-14-13-27(30-9-2-3-10-31(28)30)8-4-5-18-52-43(51)56-42(65)36-39(49)55-40(50)38(47)54-36/h2-3,9-16,32-35,37,58-63,66-68H,4-8,17-25,48H2,1H3,(H,53,64)(H4,49,50,55)(H3,51,52,56,65)/t32-,33+,34+,35+,37-,44+,45+,46+/m0/s1. The summed E-state index contributed by atoms with van der Waals surface area (Å²) in [6.45, 7) is 0.273. The average Bonchev–Trinajstić information content (AvgIpc) is 3.92. The van der Waals surface area contributed by atoms with Crippen LogP contribution >= 0.6 is 11.6 Å². The zero-order valence-electron chi connectivity index (χ0n) is 37.9. The number of carbonyl (C=O) groups excluding carboxylic acids is 2. The summed E-state index contributed by atoms with van der Waals surface area (Å²) in [4.78, 5) is 35.1. The minimum Gasteiger partial charge on any atom is -0.394 e. The summed E-state index contributed by atoms with van der Waals surface area (Å²) in [5.41, 5.74) is 14.7. The van der Waals surface area contributed by atoms with Crippen LogP contribution in [-0.4, -0.2) is 165 Å². The first kappa shape index (κ1) is 53.8. The smallest absolute Gasteiger partial charge is 0.280 e. The lowest BCUT2D eigenvalue weighted by Gasteiger charge is -2.38. The summed E-state index contributed by atoms with van der Waals surface area (Å²) in [5, 5.41) is 110. The van der Waals surface area contributed by atoms with Gasteiger partial charge in [0.05, 0.1) is 25.4 Å². The first-order chi connectivity index (χ1) is 32.1. The van der Waals surface area contributed by atoms with Crippen molar-refractivity contribution in [2.75, 3.05) is 56.2 Å². The van der Waals surface area contributed by atoms with Crippen LogP contribution in [0.25, 0.3) is 10.8 Å². The van der Waals surface area contributed by atoms with Crippen molar-refractivity contribution in [3.05, 3.63) is 88.2 Å². The molecule has 0 unspecified atom stereocenters. The van der Waals surface area contributed by atoms with Crippen LogP contribution in [0.1, 0.15) is 66.2 Å². The molecule has 3 aromatic carbocycles. The van der Waals surface area contributed by atoms with Crippen LogP contribution < -0.4 is 33.2 Å². The van der Waals surface area contributed by atoms with Gasteiger partial charge in [-0.3, -0.25) is 20.3 Å². The molecule has 0 spiro atoms. The van der Waals surface area contributed by atoms with E-state index in [1.54, 1.807) is 17.0 Å². The topological polar surface area (TPSA) is 383 Å². The van der Waals surface area contributed by atoms with E-state index in [0.29, 0.717) is 38.0 Å². The Morgan fingerprint density at radius 3 is 2.21 bits per heavy atom. The van der Waals surface area contributed by atoms with Crippen molar-refractivity contribution < 1.29 is 55.5 Å². The number of nitrogens with one attached hydrogen (secondary N) is 4. The van der Waals surface area contributed by atoms with Gasteiger partial charge in [-0.25, -0.2) is 9.97 Å². The van der Waals surface area contributed by atoms with Crippen molar-refractivity contribution in [1.29, 1.82) is 5.41 Å². The Morgan fingerprint density at radius 2 is 1.54 bits per heavy atom. The molecule has 1 aromatic heterocycles. The predicted molar refractivity (Wildman–Crippen MR) is 255 cm³/mol. The number of nitrogens with two attached hydrogens (primary N) is 3. The number of guanidine groups is 1. The molecule has 2 amide bonds. The molecule has 1 fully saturated rings. The van der Waals surface area contributed by atoms with E-state index in [2.05, 4.69) is 25.9 Å². The van der Waals surface area contributed by atoms with Crippen molar-refractivity contribution in [2.45, 2.75) is 106 Å². The fraction of sp³-hybridized carbons (Fsp3) is 0.500. The second kappa shape index (κ2) is 23.4. The molecule has 0 saturated heterocycles. The molecular formula is C46H65ClN10O11. The number of unbranched alkanes of at least 4 members (excludes halogenated alkanes) is 1. The lowest BCUT2D eigenvalue weighted by atomic mass is 9.90. The third kappa shape index (κ3) is 13.1. The molecule has 4 aromatic rings. The molecule has 22 heteroatoms. The summed E-state index contributed by atoms with van der Waals surface area (Å²) >= 11 is 5.85. The number of rotatable bonds is 25. The van der Waals surface area contributed by atoms with Crippen molar-refractivity contribution in [2.24, 2.45) is 5.73 Å². The number of amides is 2. The molecule has 372 valence electrons. The molecule has 5 rings (SSSR count). The number of aromatic nitrogens is 2. The zero-order chi connectivity index (χ0) is 50.0. The summed E-state index contributed by atoms with van der Waals surface area (Å²) in [7, 11) is 0. The van der Waals surface area contributed by atoms with Gasteiger partial charge in [-0.1, -0.05) is 60.1 Å². The number of aliphatic hydroxyl groups excluding tert-OH is 6. The number of nitrogen functional groups attached to an aromatic ring is 2. The zero-order valence-corrected chi connectivity index (χ0v) is 38.6. The largest absolute Gasteiger partial charge is 0.394 e. The van der Waals surface area contributed by atoms with E-state index in [9.17, 15) is 55.5 Å². The van der Waals surface area contributed by atoms with Gasteiger partial charge < -0.3 is 78.7 Å². The minimum absolute atomic E-state index is 0.0734. The Bertz CT molecular complexity index is 2370. The van der Waals surface area contributed by atoms with Crippen LogP contribution in [0.4, 0.5) is 17.3 Å². The quantitative estimate of drug-likeness (QED) is 0.0213. The molecular weight excluding hydrogens is 904 g/mol. The maximum Gasteiger partial charge on any atom is 0.280 e. The Hall–Kier alpha value is -5.14. The van der Waals surface area contributed by atoms with E-state index in [0.717, 1.165) is 40.3 Å². The molecule has 0 radical (unpaired) electrons. The van der Waals surface area contributed by atoms with E-state index in [1.807, 2.05) is 48.5 Å². The van der Waals surface area contributed by atoms with Crippen LogP contribution in [-0.2, 0) is 24.1 Å². The Kier molecular flexibility index (Phi) is 18.6. The fourth-order valence-corrected chi connectivity index (χ4v) is 8.49. The number of hydrogen-bond donors (Lipinski definition) is 16. The van der Waals surface area contributed by atoms with Crippen LogP contribution in [0.2, 0.25) is 5.15 Å². The van der Waals surface area contributed by atoms with E-state index in [4.69, 9.17) is 34.2 Å². The first-order valence-electron chi connectivity index (χ1n) is 22.3. The Morgan fingerprint density at radius 1 is 0.882 bits per heavy atom. The lowest BCUT2D eigenvalue weighted by molar-refractivity contribution is -0.160. The highest BCUT2D eigenvalue weighted by Gasteiger charge is 2.77. The summed E-state index contributed by atoms with van der Waals surface area (Å²) in [6.07, 6.45) is -3.24. The van der Waals surface area contributed by atoms with Gasteiger partial charge in [-0.2, -0.15) is 0 Å². The van der Waals surface area contributed by atoms with Crippen molar-refractivity contribution in [1.82, 2.24) is 25.5 Å². The van der Waals surface area contributed by atoms with Gasteiger partial charge in [0.15, 0.2) is 28.4 Å². The van der Waals surface area contributed by atoms with Crippen LogP contribution in [0, 0.1) is 5.41 Å². The van der Waals surface area contributed by atoms with Crippen LogP contribution in [0.5, 0.6) is 0 Å². The molecule has 19 N–H and O–H groups in total. The maximum absolute atomic E-state index is 13.3. The number of benzene rings is 3. The molecule has 68 heavy (non-hydrogen) atoms. The molecule has 21 nitrogen and oxygen atoms in total. The average molecular weight is 970 g/mol. The van der Waals surface area contributed by atoms with Gasteiger partial charge in [0.2, 0.25) is 5.91 Å². The van der Waals surface area contributed by atoms with E-state index in [1.165, 1.54) is 6.92 Å². The Labute approximate surface area is 398 Å². The SMILES string of the molecule is C[C@@](O)(CN(CCCc1ccc(NC(=O)[C@@H](N)Cc2ccc(CCCCNC(=N)NC(=O)c3nc(Cl)c(N)nc3N)c3ccccc23)cc1)CC[C@@H](O)[C@H](O)[C@H](O)CO)[C@]1(O)C[C@@]1(O)[C@H](O)CO. The lowest BCUT2D eigenvalue weighted by Crippen LogP contribution is -2.57. The van der Waals surface area contributed by atoms with Crippen molar-refractivity contribution in [3.8, 4) is 0 Å². The fourth-order valence-electron chi connectivity index (χ4n) is 8.36. The van der Waals surface area contributed by atoms with E-state index in [-0.39, 0.29) is 66.7 Å². The third-order valence-corrected chi connectivity index (χ3v) is 12.8. The van der Waals surface area contributed by atoms with E-state index < -0.39 is 66.4 Å². The van der Waals surface area contributed by atoms with Crippen molar-refractivity contribution >= 4 is 57.5 Å². The van der Waals surface area contributed by atoms with E-state index >= 15 is 0 Å². The van der Waals surface area contributed by atoms with Gasteiger partial charge in [-0.05, 0) is 98.0 Å². The molecule has 1 saturated carbocycles. The van der Waals surface area contributed by atoms with Crippen LogP contribution in [0.15, 0.2) is 60.7 Å². The van der Waals surface area contributed by atoms with Gasteiger partial charge in [0, 0.05) is 31.7 Å². The molecule has 1 aliphatic carbocycles. The number of hydrogen-bond acceptors (Lipinski definition) is 18. The maximum atomic E-state index is 13.3. The van der Waals surface area contributed by atoms with Gasteiger partial charge >= 0.3 is 0 Å². The number of fused-ring (bicyclic) bond motifs is 1. The number of anilines is 3. The summed E-state index contributed by atoms with van der Waals surface area (Å²) < 4.78 is 0. The second-order valence-electron chi connectivity index (χ2n) is 17.7. The molecule has 1 aliphatic rings. The molecule has 8 atom stereocenters.